The summed E-state index contributed by atoms with van der Waals surface area (Å²) in [6.07, 6.45) is 4.15. The summed E-state index contributed by atoms with van der Waals surface area (Å²) in [5.74, 6) is -0.575. The molecule has 0 fully saturated rings. The van der Waals surface area contributed by atoms with Gasteiger partial charge in [-0.3, -0.25) is 4.90 Å². The van der Waals surface area contributed by atoms with E-state index in [0.717, 1.165) is 24.6 Å². The predicted octanol–water partition coefficient (Wildman–Crippen LogP) is 4.65. The first-order chi connectivity index (χ1) is 12.6. The summed E-state index contributed by atoms with van der Waals surface area (Å²) in [4.78, 5) is 21.7. The Morgan fingerprint density at radius 2 is 2.15 bits per heavy atom. The molecule has 1 aromatic carbocycles. The summed E-state index contributed by atoms with van der Waals surface area (Å²) in [7, 11) is 0. The molecule has 136 valence electrons. The Morgan fingerprint density at radius 3 is 2.88 bits per heavy atom. The fourth-order valence-corrected chi connectivity index (χ4v) is 2.96. The van der Waals surface area contributed by atoms with Crippen molar-refractivity contribution in [2.24, 2.45) is 0 Å². The van der Waals surface area contributed by atoms with E-state index in [1.807, 2.05) is 43.3 Å². The van der Waals surface area contributed by atoms with Crippen LogP contribution in [0, 0.1) is 5.82 Å². The third kappa shape index (κ3) is 4.02. The topological polar surface area (TPSA) is 55.3 Å². The van der Waals surface area contributed by atoms with Crippen LogP contribution in [0.25, 0.3) is 5.57 Å². The number of rotatable bonds is 5. The molecule has 1 amide bonds. The maximum atomic E-state index is 14.2. The van der Waals surface area contributed by atoms with Crippen LogP contribution in [0.15, 0.2) is 42.6 Å². The minimum absolute atomic E-state index is 0.0393. The smallest absolute Gasteiger partial charge is 0.410 e. The number of nitrogens with zero attached hydrogens (tertiary/aromatic N) is 3. The minimum atomic E-state index is -0.575. The summed E-state index contributed by atoms with van der Waals surface area (Å²) in [6.45, 7) is 2.57. The van der Waals surface area contributed by atoms with E-state index in [1.165, 1.54) is 0 Å². The number of unbranched alkanes of at least 4 members (excludes halogenated alkanes) is 1. The summed E-state index contributed by atoms with van der Waals surface area (Å²) >= 11 is 5.81. The van der Waals surface area contributed by atoms with Crippen molar-refractivity contribution >= 4 is 23.3 Å². The standard InChI is InChI=1S/C19H19ClFN3O2/c1-2-3-9-26-19(25)24-12-14(17-15(21)11-22-18(20)23-17)10-16(24)13-7-5-4-6-8-13/h4-8,10-11,16H,2-3,9,12H2,1H3/t16-/m0/s1. The zero-order valence-electron chi connectivity index (χ0n) is 14.4. The van der Waals surface area contributed by atoms with E-state index in [0.29, 0.717) is 12.2 Å². The molecule has 2 aromatic rings. The lowest BCUT2D eigenvalue weighted by Crippen LogP contribution is -2.32. The van der Waals surface area contributed by atoms with Crippen LogP contribution in [-0.2, 0) is 4.74 Å². The predicted molar refractivity (Wildman–Crippen MR) is 97.1 cm³/mol. The number of amides is 1. The molecular formula is C19H19ClFN3O2. The molecular weight excluding hydrogens is 357 g/mol. The maximum absolute atomic E-state index is 14.2. The second-order valence-corrected chi connectivity index (χ2v) is 6.32. The Morgan fingerprint density at radius 1 is 1.38 bits per heavy atom. The highest BCUT2D eigenvalue weighted by molar-refractivity contribution is 6.28. The van der Waals surface area contributed by atoms with Crippen LogP contribution in [0.1, 0.15) is 37.1 Å². The van der Waals surface area contributed by atoms with Gasteiger partial charge in [0.1, 0.15) is 5.69 Å². The van der Waals surface area contributed by atoms with Crippen LogP contribution in [0.2, 0.25) is 5.28 Å². The molecule has 26 heavy (non-hydrogen) atoms. The summed E-state index contributed by atoms with van der Waals surface area (Å²) in [5.41, 5.74) is 1.60. The zero-order chi connectivity index (χ0) is 18.5. The molecule has 1 atom stereocenters. The van der Waals surface area contributed by atoms with Crippen LogP contribution in [-0.4, -0.2) is 34.1 Å². The van der Waals surface area contributed by atoms with Gasteiger partial charge in [0.05, 0.1) is 25.4 Å². The average Bonchev–Trinajstić information content (AvgIpc) is 3.10. The highest BCUT2D eigenvalue weighted by Crippen LogP contribution is 2.35. The highest BCUT2D eigenvalue weighted by atomic mass is 35.5. The second kappa shape index (κ2) is 8.27. The van der Waals surface area contributed by atoms with E-state index >= 15 is 0 Å². The van der Waals surface area contributed by atoms with Crippen molar-refractivity contribution in [3.05, 3.63) is 65.0 Å². The molecule has 1 aliphatic heterocycles. The van der Waals surface area contributed by atoms with Gasteiger partial charge in [-0.2, -0.15) is 0 Å². The van der Waals surface area contributed by atoms with Crippen molar-refractivity contribution in [1.82, 2.24) is 14.9 Å². The number of ether oxygens (including phenoxy) is 1. The first-order valence-corrected chi connectivity index (χ1v) is 8.85. The molecule has 0 bridgehead atoms. The van der Waals surface area contributed by atoms with E-state index in [2.05, 4.69) is 9.97 Å². The van der Waals surface area contributed by atoms with Gasteiger partial charge in [-0.05, 0) is 29.2 Å². The van der Waals surface area contributed by atoms with Gasteiger partial charge in [0.2, 0.25) is 5.28 Å². The summed E-state index contributed by atoms with van der Waals surface area (Å²) < 4.78 is 19.5. The highest BCUT2D eigenvalue weighted by Gasteiger charge is 2.33. The van der Waals surface area contributed by atoms with Crippen molar-refractivity contribution in [2.45, 2.75) is 25.8 Å². The van der Waals surface area contributed by atoms with Gasteiger partial charge < -0.3 is 4.74 Å². The molecule has 0 saturated carbocycles. The molecule has 0 spiro atoms. The van der Waals surface area contributed by atoms with Gasteiger partial charge in [0.15, 0.2) is 5.82 Å². The molecule has 2 heterocycles. The van der Waals surface area contributed by atoms with Gasteiger partial charge in [-0.15, -0.1) is 0 Å². The quantitative estimate of drug-likeness (QED) is 0.564. The monoisotopic (exact) mass is 375 g/mol. The molecule has 0 aliphatic carbocycles. The molecule has 0 N–H and O–H groups in total. The largest absolute Gasteiger partial charge is 0.449 e. The molecule has 1 aliphatic rings. The lowest BCUT2D eigenvalue weighted by Gasteiger charge is -2.24. The van der Waals surface area contributed by atoms with E-state index in [-0.39, 0.29) is 23.6 Å². The van der Waals surface area contributed by atoms with Crippen LogP contribution in [0.3, 0.4) is 0 Å². The van der Waals surface area contributed by atoms with Crippen molar-refractivity contribution in [1.29, 1.82) is 0 Å². The number of benzene rings is 1. The van der Waals surface area contributed by atoms with Gasteiger partial charge in [0, 0.05) is 0 Å². The Hall–Kier alpha value is -2.47. The lowest BCUT2D eigenvalue weighted by atomic mass is 10.1. The lowest BCUT2D eigenvalue weighted by molar-refractivity contribution is 0.100. The van der Waals surface area contributed by atoms with Crippen molar-refractivity contribution in [3.8, 4) is 0 Å². The fraction of sp³-hybridized carbons (Fsp3) is 0.316. The number of carbonyl (C=O) groups is 1. The molecule has 0 radical (unpaired) electrons. The van der Waals surface area contributed by atoms with Crippen molar-refractivity contribution < 1.29 is 13.9 Å². The molecule has 5 nitrogen and oxygen atoms in total. The number of carbonyl (C=O) groups excluding carboxylic acids is 1. The molecule has 0 saturated heterocycles. The van der Waals surface area contributed by atoms with E-state index in [9.17, 15) is 9.18 Å². The average molecular weight is 376 g/mol. The number of halogens is 2. The van der Waals surface area contributed by atoms with Crippen LogP contribution in [0.5, 0.6) is 0 Å². The number of hydrogen-bond acceptors (Lipinski definition) is 4. The summed E-state index contributed by atoms with van der Waals surface area (Å²) in [5, 5.41) is -0.0393. The Balaban J connectivity index is 1.91. The van der Waals surface area contributed by atoms with E-state index < -0.39 is 11.9 Å². The van der Waals surface area contributed by atoms with E-state index in [4.69, 9.17) is 16.3 Å². The number of hydrogen-bond donors (Lipinski definition) is 0. The van der Waals surface area contributed by atoms with Crippen LogP contribution in [0.4, 0.5) is 9.18 Å². The van der Waals surface area contributed by atoms with E-state index in [1.54, 1.807) is 4.90 Å². The summed E-state index contributed by atoms with van der Waals surface area (Å²) in [6, 6.07) is 9.16. The first kappa shape index (κ1) is 18.3. The Bertz CT molecular complexity index is 814. The molecule has 0 unspecified atom stereocenters. The Kier molecular flexibility index (Phi) is 5.83. The van der Waals surface area contributed by atoms with Crippen LogP contribution >= 0.6 is 11.6 Å². The van der Waals surface area contributed by atoms with Crippen molar-refractivity contribution in [3.63, 3.8) is 0 Å². The van der Waals surface area contributed by atoms with Crippen LogP contribution < -0.4 is 0 Å². The maximum Gasteiger partial charge on any atom is 0.410 e. The number of aromatic nitrogens is 2. The molecule has 1 aromatic heterocycles. The fourth-order valence-electron chi connectivity index (χ4n) is 2.83. The molecule has 7 heteroatoms. The van der Waals surface area contributed by atoms with Gasteiger partial charge in [-0.25, -0.2) is 19.2 Å². The normalized spacial score (nSPS) is 16.5. The van der Waals surface area contributed by atoms with Crippen molar-refractivity contribution in [2.75, 3.05) is 13.2 Å². The third-order valence-corrected chi connectivity index (χ3v) is 4.34. The first-order valence-electron chi connectivity index (χ1n) is 8.47. The van der Waals surface area contributed by atoms with Gasteiger partial charge in [0.25, 0.3) is 0 Å². The second-order valence-electron chi connectivity index (χ2n) is 5.98. The van der Waals surface area contributed by atoms with Gasteiger partial charge >= 0.3 is 6.09 Å². The minimum Gasteiger partial charge on any atom is -0.449 e. The molecule has 3 rings (SSSR count). The zero-order valence-corrected chi connectivity index (χ0v) is 15.1. The SMILES string of the molecule is CCCCOC(=O)N1CC(c2nc(Cl)ncc2F)=C[C@H]1c1ccccc1. The van der Waals surface area contributed by atoms with Gasteiger partial charge in [-0.1, -0.05) is 49.8 Å². The third-order valence-electron chi connectivity index (χ3n) is 4.15. The Labute approximate surface area is 156 Å².